The van der Waals surface area contributed by atoms with Gasteiger partial charge in [-0.25, -0.2) is 0 Å². The highest BCUT2D eigenvalue weighted by Crippen LogP contribution is 2.03. The van der Waals surface area contributed by atoms with E-state index in [1.54, 1.807) is 4.68 Å². The first kappa shape index (κ1) is 11.1. The molecular weight excluding hydrogens is 176 g/mol. The summed E-state index contributed by atoms with van der Waals surface area (Å²) in [4.78, 5) is 11.8. The van der Waals surface area contributed by atoms with Crippen molar-refractivity contribution in [3.05, 3.63) is 21.6 Å². The number of H-pyrrole nitrogens is 1. The van der Waals surface area contributed by atoms with Crippen LogP contribution in [0.2, 0.25) is 0 Å². The number of aryl methyl sites for hydroxylation is 2. The zero-order valence-corrected chi connectivity index (χ0v) is 9.39. The van der Waals surface area contributed by atoms with Crippen LogP contribution in [0, 0.1) is 0 Å². The average Bonchev–Trinajstić information content (AvgIpc) is 2.51. The maximum Gasteiger partial charge on any atom is 0.269 e. The summed E-state index contributed by atoms with van der Waals surface area (Å²) in [6.45, 7) is 7.07. The van der Waals surface area contributed by atoms with Crippen molar-refractivity contribution in [3.63, 3.8) is 0 Å². The van der Waals surface area contributed by atoms with Crippen molar-refractivity contribution in [2.24, 2.45) is 0 Å². The summed E-state index contributed by atoms with van der Waals surface area (Å²) in [6, 6.07) is 0. The fourth-order valence-electron chi connectivity index (χ4n) is 1.70. The number of aromatic nitrogens is 2. The number of nitrogens with one attached hydrogen (secondary N) is 1. The molecule has 0 aliphatic carbocycles. The molecule has 1 rings (SSSR count). The summed E-state index contributed by atoms with van der Waals surface area (Å²) in [5.74, 6) is 0. The smallest absolute Gasteiger partial charge is 0.269 e. The van der Waals surface area contributed by atoms with Gasteiger partial charge in [0, 0.05) is 17.8 Å². The van der Waals surface area contributed by atoms with Gasteiger partial charge >= 0.3 is 0 Å². The minimum absolute atomic E-state index is 0.179. The van der Waals surface area contributed by atoms with E-state index in [1.165, 1.54) is 0 Å². The molecule has 0 bridgehead atoms. The maximum atomic E-state index is 11.8. The number of rotatable bonds is 5. The lowest BCUT2D eigenvalue weighted by Crippen LogP contribution is -2.18. The summed E-state index contributed by atoms with van der Waals surface area (Å²) >= 11 is 0. The van der Waals surface area contributed by atoms with Gasteiger partial charge in [-0.1, -0.05) is 27.2 Å². The summed E-state index contributed by atoms with van der Waals surface area (Å²) in [5, 5.41) is 3.19. The lowest BCUT2D eigenvalue weighted by Gasteiger charge is -1.98. The Morgan fingerprint density at radius 1 is 1.21 bits per heavy atom. The van der Waals surface area contributed by atoms with Gasteiger partial charge in [0.1, 0.15) is 0 Å². The zero-order valence-electron chi connectivity index (χ0n) is 9.39. The summed E-state index contributed by atoms with van der Waals surface area (Å²) in [7, 11) is 0. The number of hydrogen-bond acceptors (Lipinski definition) is 1. The van der Waals surface area contributed by atoms with Crippen LogP contribution in [0.3, 0.4) is 0 Å². The highest BCUT2D eigenvalue weighted by atomic mass is 16.1. The third kappa shape index (κ3) is 2.08. The van der Waals surface area contributed by atoms with Crippen molar-refractivity contribution in [2.75, 3.05) is 0 Å². The average molecular weight is 196 g/mol. The van der Waals surface area contributed by atoms with Crippen LogP contribution in [-0.4, -0.2) is 9.78 Å². The molecule has 0 aromatic carbocycles. The minimum Gasteiger partial charge on any atom is -0.299 e. The largest absolute Gasteiger partial charge is 0.299 e. The van der Waals surface area contributed by atoms with Gasteiger partial charge < -0.3 is 0 Å². The van der Waals surface area contributed by atoms with Crippen LogP contribution >= 0.6 is 0 Å². The van der Waals surface area contributed by atoms with Crippen LogP contribution in [-0.2, 0) is 19.4 Å². The number of unbranched alkanes of at least 4 members (excludes halogenated alkanes) is 1. The van der Waals surface area contributed by atoms with Crippen molar-refractivity contribution in [3.8, 4) is 0 Å². The van der Waals surface area contributed by atoms with E-state index >= 15 is 0 Å². The molecule has 0 amide bonds. The Hall–Kier alpha value is -0.990. The lowest BCUT2D eigenvalue weighted by molar-refractivity contribution is 0.551. The van der Waals surface area contributed by atoms with E-state index in [0.717, 1.165) is 43.5 Å². The van der Waals surface area contributed by atoms with Gasteiger partial charge in [-0.2, -0.15) is 0 Å². The van der Waals surface area contributed by atoms with E-state index in [4.69, 9.17) is 0 Å². The van der Waals surface area contributed by atoms with E-state index < -0.39 is 0 Å². The Morgan fingerprint density at radius 3 is 2.36 bits per heavy atom. The molecule has 0 aliphatic heterocycles. The van der Waals surface area contributed by atoms with E-state index in [2.05, 4.69) is 18.9 Å². The van der Waals surface area contributed by atoms with Crippen molar-refractivity contribution in [1.82, 2.24) is 9.78 Å². The first-order valence-electron chi connectivity index (χ1n) is 5.55. The van der Waals surface area contributed by atoms with E-state index in [-0.39, 0.29) is 5.56 Å². The highest BCUT2D eigenvalue weighted by Gasteiger charge is 2.09. The third-order valence-electron chi connectivity index (χ3n) is 2.58. The van der Waals surface area contributed by atoms with Crippen LogP contribution < -0.4 is 5.56 Å². The van der Waals surface area contributed by atoms with Crippen molar-refractivity contribution in [1.29, 1.82) is 0 Å². The van der Waals surface area contributed by atoms with Gasteiger partial charge in [0.2, 0.25) is 0 Å². The lowest BCUT2D eigenvalue weighted by atomic mass is 10.1. The normalized spacial score (nSPS) is 10.8. The molecule has 0 atom stereocenters. The van der Waals surface area contributed by atoms with Crippen molar-refractivity contribution >= 4 is 0 Å². The Balaban J connectivity index is 2.96. The Kier molecular flexibility index (Phi) is 3.98. The highest BCUT2D eigenvalue weighted by molar-refractivity contribution is 5.17. The van der Waals surface area contributed by atoms with E-state index in [9.17, 15) is 4.79 Å². The first-order valence-corrected chi connectivity index (χ1v) is 5.55. The minimum atomic E-state index is 0.179. The number of aromatic amines is 1. The van der Waals surface area contributed by atoms with Crippen LogP contribution in [0.15, 0.2) is 4.79 Å². The first-order chi connectivity index (χ1) is 6.74. The van der Waals surface area contributed by atoms with Gasteiger partial charge in [0.25, 0.3) is 5.56 Å². The molecule has 0 saturated carbocycles. The van der Waals surface area contributed by atoms with Crippen LogP contribution in [0.5, 0.6) is 0 Å². The molecule has 0 radical (unpaired) electrons. The van der Waals surface area contributed by atoms with Gasteiger partial charge in [0.05, 0.1) is 0 Å². The summed E-state index contributed by atoms with van der Waals surface area (Å²) in [5.41, 5.74) is 2.25. The quantitative estimate of drug-likeness (QED) is 0.769. The Labute approximate surface area is 85.1 Å². The van der Waals surface area contributed by atoms with Gasteiger partial charge in [-0.05, 0) is 19.3 Å². The molecule has 1 aromatic heterocycles. The molecule has 0 saturated heterocycles. The standard InChI is InChI=1S/C11H20N2O/c1-4-7-8-13-11(14)9(5-2)10(6-3)12-13/h12H,4-8H2,1-3H3. The molecule has 0 fully saturated rings. The fraction of sp³-hybridized carbons (Fsp3) is 0.727. The van der Waals surface area contributed by atoms with E-state index in [1.807, 2.05) is 6.92 Å². The van der Waals surface area contributed by atoms with Crippen molar-refractivity contribution < 1.29 is 0 Å². The predicted molar refractivity (Wildman–Crippen MR) is 58.7 cm³/mol. The second-order valence-electron chi connectivity index (χ2n) is 3.59. The van der Waals surface area contributed by atoms with Gasteiger partial charge in [-0.3, -0.25) is 14.6 Å². The molecule has 3 nitrogen and oxygen atoms in total. The number of hydrogen-bond donors (Lipinski definition) is 1. The van der Waals surface area contributed by atoms with Crippen LogP contribution in [0.25, 0.3) is 0 Å². The summed E-state index contributed by atoms with van der Waals surface area (Å²) in [6.07, 6.45) is 3.93. The predicted octanol–water partition coefficient (Wildman–Crippen LogP) is 2.10. The van der Waals surface area contributed by atoms with Gasteiger partial charge in [0.15, 0.2) is 0 Å². The topological polar surface area (TPSA) is 37.8 Å². The molecule has 1 heterocycles. The van der Waals surface area contributed by atoms with Crippen LogP contribution in [0.4, 0.5) is 0 Å². The maximum absolute atomic E-state index is 11.8. The second kappa shape index (κ2) is 5.03. The molecule has 80 valence electrons. The Morgan fingerprint density at radius 2 is 1.93 bits per heavy atom. The zero-order chi connectivity index (χ0) is 10.6. The molecule has 3 heteroatoms. The van der Waals surface area contributed by atoms with E-state index in [0.29, 0.717) is 0 Å². The van der Waals surface area contributed by atoms with Gasteiger partial charge in [-0.15, -0.1) is 0 Å². The molecule has 1 N–H and O–H groups in total. The van der Waals surface area contributed by atoms with Crippen molar-refractivity contribution in [2.45, 2.75) is 53.0 Å². The molecule has 14 heavy (non-hydrogen) atoms. The SMILES string of the molecule is CCCCn1[nH]c(CC)c(CC)c1=O. The molecule has 0 unspecified atom stereocenters. The molecule has 0 aliphatic rings. The molecular formula is C11H20N2O. The third-order valence-corrected chi connectivity index (χ3v) is 2.58. The summed E-state index contributed by atoms with van der Waals surface area (Å²) < 4.78 is 1.75. The monoisotopic (exact) mass is 196 g/mol. The number of nitrogens with zero attached hydrogens (tertiary/aromatic N) is 1. The second-order valence-corrected chi connectivity index (χ2v) is 3.59. The molecule has 0 spiro atoms. The van der Waals surface area contributed by atoms with Crippen LogP contribution in [0.1, 0.15) is 44.9 Å². The molecule has 1 aromatic rings. The Bertz CT molecular complexity index is 336. The fourth-order valence-corrected chi connectivity index (χ4v) is 1.70.